The fourth-order valence-corrected chi connectivity index (χ4v) is 1.83. The molecule has 1 aromatic rings. The van der Waals surface area contributed by atoms with Crippen LogP contribution in [0, 0.1) is 0 Å². The van der Waals surface area contributed by atoms with E-state index >= 15 is 0 Å². The van der Waals surface area contributed by atoms with Gasteiger partial charge in [0.25, 0.3) is 5.91 Å². The zero-order valence-electron chi connectivity index (χ0n) is 9.42. The van der Waals surface area contributed by atoms with E-state index in [1.165, 1.54) is 0 Å². The first kappa shape index (κ1) is 13.0. The highest BCUT2D eigenvalue weighted by atomic mass is 79.9. The summed E-state index contributed by atoms with van der Waals surface area (Å²) >= 11 is 3.27. The monoisotopic (exact) mass is 284 g/mol. The molecule has 4 heteroatoms. The molecule has 3 nitrogen and oxygen atoms in total. The number of benzene rings is 1. The second-order valence-electron chi connectivity index (χ2n) is 3.69. The topological polar surface area (TPSA) is 50.1 Å². The van der Waals surface area contributed by atoms with Gasteiger partial charge in [0.15, 0.2) is 0 Å². The Bertz CT molecular complexity index is 379. The van der Waals surface area contributed by atoms with E-state index in [0.29, 0.717) is 11.3 Å². The Morgan fingerprint density at radius 3 is 2.81 bits per heavy atom. The average molecular weight is 285 g/mol. The van der Waals surface area contributed by atoms with Crippen molar-refractivity contribution in [2.75, 3.05) is 0 Å². The lowest BCUT2D eigenvalue weighted by molar-refractivity contribution is 0.0985. The van der Waals surface area contributed by atoms with Crippen molar-refractivity contribution < 1.29 is 9.53 Å². The highest BCUT2D eigenvalue weighted by molar-refractivity contribution is 9.10. The summed E-state index contributed by atoms with van der Waals surface area (Å²) in [5, 5.41) is 0. The average Bonchev–Trinajstić information content (AvgIpc) is 2.20. The highest BCUT2D eigenvalue weighted by Crippen LogP contribution is 2.24. The fourth-order valence-electron chi connectivity index (χ4n) is 1.46. The first-order valence-electron chi connectivity index (χ1n) is 5.26. The fraction of sp³-hybridized carbons (Fsp3) is 0.417. The van der Waals surface area contributed by atoms with Crippen LogP contribution in [0.5, 0.6) is 5.75 Å². The summed E-state index contributed by atoms with van der Waals surface area (Å²) in [5.74, 6) is -0.232. The van der Waals surface area contributed by atoms with Crippen molar-refractivity contribution >= 4 is 21.8 Å². The summed E-state index contributed by atoms with van der Waals surface area (Å²) < 4.78 is 6.42. The largest absolute Gasteiger partial charge is 0.490 e. The third-order valence-electron chi connectivity index (χ3n) is 2.21. The number of halogens is 1. The molecule has 1 rings (SSSR count). The summed E-state index contributed by atoms with van der Waals surface area (Å²) in [6, 6.07) is 5.14. The van der Waals surface area contributed by atoms with Crippen LogP contribution in [0.1, 0.15) is 37.0 Å². The molecule has 0 saturated carbocycles. The summed E-state index contributed by atoms with van der Waals surface area (Å²) in [5.41, 5.74) is 7.47. The van der Waals surface area contributed by atoms with E-state index in [2.05, 4.69) is 22.9 Å². The zero-order valence-corrected chi connectivity index (χ0v) is 11.0. The molecule has 0 heterocycles. The maximum Gasteiger partial charge on any atom is 0.273 e. The van der Waals surface area contributed by atoms with Gasteiger partial charge in [0, 0.05) is 4.47 Å². The number of ether oxygens (including phenoxy) is 1. The second kappa shape index (κ2) is 5.89. The molecule has 1 aromatic carbocycles. The second-order valence-corrected chi connectivity index (χ2v) is 4.60. The first-order chi connectivity index (χ1) is 7.54. The molecule has 0 fully saturated rings. The van der Waals surface area contributed by atoms with Crippen LogP contribution in [0.2, 0.25) is 0 Å². The van der Waals surface area contributed by atoms with Gasteiger partial charge < -0.3 is 4.74 Å². The van der Waals surface area contributed by atoms with Crippen LogP contribution in [0.3, 0.4) is 0 Å². The molecule has 0 aromatic heterocycles. The normalized spacial score (nSPS) is 12.2. The first-order valence-corrected chi connectivity index (χ1v) is 6.06. The standard InChI is InChI=1S/C12H15BrNO2/c1-3-4-8(2)16-11-6-5-9(13)7-10(11)12(14)15/h5-8,14H,3-4H2,1-2H3. The van der Waals surface area contributed by atoms with Crippen molar-refractivity contribution in [3.05, 3.63) is 28.2 Å². The van der Waals surface area contributed by atoms with Crippen molar-refractivity contribution in [2.24, 2.45) is 0 Å². The van der Waals surface area contributed by atoms with Crippen LogP contribution in [-0.2, 0) is 0 Å². The lowest BCUT2D eigenvalue weighted by Crippen LogP contribution is -2.14. The van der Waals surface area contributed by atoms with Gasteiger partial charge in [0.2, 0.25) is 0 Å². The number of carbonyl (C=O) groups excluding carboxylic acids is 1. The summed E-state index contributed by atoms with van der Waals surface area (Å²) in [6.45, 7) is 4.04. The van der Waals surface area contributed by atoms with Crippen molar-refractivity contribution in [3.63, 3.8) is 0 Å². The van der Waals surface area contributed by atoms with Crippen LogP contribution in [0.15, 0.2) is 22.7 Å². The quantitative estimate of drug-likeness (QED) is 0.832. The van der Waals surface area contributed by atoms with Crippen molar-refractivity contribution in [1.29, 1.82) is 0 Å². The van der Waals surface area contributed by atoms with Crippen LogP contribution >= 0.6 is 15.9 Å². The maximum atomic E-state index is 11.1. The van der Waals surface area contributed by atoms with Crippen LogP contribution < -0.4 is 10.5 Å². The third-order valence-corrected chi connectivity index (χ3v) is 2.70. The number of hydrogen-bond donors (Lipinski definition) is 0. The molecule has 0 aliphatic carbocycles. The SMILES string of the molecule is CCCC(C)Oc1ccc(Br)cc1C([NH])=O. The smallest absolute Gasteiger partial charge is 0.273 e. The van der Waals surface area contributed by atoms with Gasteiger partial charge in [-0.05, 0) is 31.5 Å². The number of carbonyl (C=O) groups is 1. The van der Waals surface area contributed by atoms with E-state index in [-0.39, 0.29) is 6.10 Å². The summed E-state index contributed by atoms with van der Waals surface area (Å²) in [4.78, 5) is 11.1. The van der Waals surface area contributed by atoms with Crippen molar-refractivity contribution in [1.82, 2.24) is 5.73 Å². The Labute approximate surface area is 104 Å². The molecule has 0 spiro atoms. The Balaban J connectivity index is 2.90. The molecule has 0 aliphatic heterocycles. The van der Waals surface area contributed by atoms with E-state index in [1.807, 2.05) is 6.92 Å². The van der Waals surface area contributed by atoms with Crippen LogP contribution in [0.4, 0.5) is 0 Å². The van der Waals surface area contributed by atoms with Crippen molar-refractivity contribution in [2.45, 2.75) is 32.8 Å². The Kier molecular flexibility index (Phi) is 4.80. The van der Waals surface area contributed by atoms with Gasteiger partial charge in [-0.1, -0.05) is 29.3 Å². The number of rotatable bonds is 5. The minimum Gasteiger partial charge on any atom is -0.490 e. The highest BCUT2D eigenvalue weighted by Gasteiger charge is 2.12. The Morgan fingerprint density at radius 2 is 2.25 bits per heavy atom. The van der Waals surface area contributed by atoms with E-state index in [9.17, 15) is 4.79 Å². The predicted molar refractivity (Wildman–Crippen MR) is 66.6 cm³/mol. The van der Waals surface area contributed by atoms with Crippen molar-refractivity contribution in [3.8, 4) is 5.75 Å². The molecule has 0 aliphatic rings. The van der Waals surface area contributed by atoms with E-state index in [0.717, 1.165) is 17.3 Å². The Hall–Kier alpha value is -1.03. The number of hydrogen-bond acceptors (Lipinski definition) is 2. The summed E-state index contributed by atoms with van der Waals surface area (Å²) in [6.07, 6.45) is 2.02. The molecule has 0 saturated heterocycles. The lowest BCUT2D eigenvalue weighted by Gasteiger charge is -2.15. The molecule has 0 bridgehead atoms. The van der Waals surface area contributed by atoms with Gasteiger partial charge in [-0.2, -0.15) is 0 Å². The molecule has 1 atom stereocenters. The molecule has 87 valence electrons. The van der Waals surface area contributed by atoms with Crippen LogP contribution in [-0.4, -0.2) is 12.0 Å². The van der Waals surface area contributed by atoms with E-state index in [1.54, 1.807) is 18.2 Å². The van der Waals surface area contributed by atoms with Crippen LogP contribution in [0.25, 0.3) is 0 Å². The van der Waals surface area contributed by atoms with E-state index in [4.69, 9.17) is 10.5 Å². The van der Waals surface area contributed by atoms with Gasteiger partial charge in [-0.25, -0.2) is 0 Å². The van der Waals surface area contributed by atoms with E-state index < -0.39 is 5.91 Å². The zero-order chi connectivity index (χ0) is 12.1. The number of nitrogens with one attached hydrogen (secondary N) is 1. The predicted octanol–water partition coefficient (Wildman–Crippen LogP) is 3.44. The lowest BCUT2D eigenvalue weighted by atomic mass is 10.2. The summed E-state index contributed by atoms with van der Waals surface area (Å²) in [7, 11) is 0. The molecule has 1 radical (unpaired) electrons. The maximum absolute atomic E-state index is 11.1. The minimum absolute atomic E-state index is 0.0595. The van der Waals surface area contributed by atoms with Gasteiger partial charge in [0.1, 0.15) is 5.75 Å². The molecular formula is C12H15BrNO2. The van der Waals surface area contributed by atoms with Gasteiger partial charge in [-0.15, -0.1) is 0 Å². The molecule has 16 heavy (non-hydrogen) atoms. The Morgan fingerprint density at radius 1 is 1.56 bits per heavy atom. The molecule has 1 amide bonds. The van der Waals surface area contributed by atoms with Gasteiger partial charge in [0.05, 0.1) is 11.7 Å². The molecular weight excluding hydrogens is 270 g/mol. The number of amides is 1. The van der Waals surface area contributed by atoms with Gasteiger partial charge in [-0.3, -0.25) is 10.5 Å². The molecule has 1 N–H and O–H groups in total. The van der Waals surface area contributed by atoms with Gasteiger partial charge >= 0.3 is 0 Å². The third kappa shape index (κ3) is 3.52. The molecule has 1 unspecified atom stereocenters. The minimum atomic E-state index is -0.722.